The predicted octanol–water partition coefficient (Wildman–Crippen LogP) is 3.26. The molecule has 6 nitrogen and oxygen atoms in total. The van der Waals surface area contributed by atoms with Gasteiger partial charge < -0.3 is 19.7 Å². The van der Waals surface area contributed by atoms with Gasteiger partial charge in [0.25, 0.3) is 5.91 Å². The second kappa shape index (κ2) is 8.39. The second-order valence-corrected chi connectivity index (χ2v) is 7.77. The fourth-order valence-electron chi connectivity index (χ4n) is 2.66. The number of rotatable bonds is 4. The molecule has 1 aromatic rings. The Morgan fingerprint density at radius 3 is 3.08 bits per heavy atom. The Bertz CT molecular complexity index is 797. The Morgan fingerprint density at radius 1 is 1.50 bits per heavy atom. The van der Waals surface area contributed by atoms with Crippen molar-refractivity contribution < 1.29 is 19.1 Å². The summed E-state index contributed by atoms with van der Waals surface area (Å²) in [7, 11) is 0. The van der Waals surface area contributed by atoms with Crippen molar-refractivity contribution in [1.82, 2.24) is 4.90 Å². The van der Waals surface area contributed by atoms with Gasteiger partial charge in [-0.15, -0.1) is 0 Å². The molecule has 1 N–H and O–H groups in total. The number of hydrogen-bond acceptors (Lipinski definition) is 6. The van der Waals surface area contributed by atoms with E-state index in [0.717, 1.165) is 16.2 Å². The number of carbonyl (C=O) groups is 2. The highest BCUT2D eigenvalue weighted by molar-refractivity contribution is 8.25. The maximum atomic E-state index is 12.4. The smallest absolute Gasteiger partial charge is 0.307 e. The van der Waals surface area contributed by atoms with Crippen molar-refractivity contribution >= 4 is 63.0 Å². The van der Waals surface area contributed by atoms with E-state index in [1.54, 1.807) is 30.0 Å². The molecule has 138 valence electrons. The monoisotopic (exact) mass is 412 g/mol. The third-order valence-electron chi connectivity index (χ3n) is 3.85. The first-order chi connectivity index (χ1) is 12.5. The van der Waals surface area contributed by atoms with Gasteiger partial charge >= 0.3 is 5.97 Å². The molecule has 0 bridgehead atoms. The largest absolute Gasteiger partial charge is 0.466 e. The van der Waals surface area contributed by atoms with Gasteiger partial charge in [0.15, 0.2) is 0 Å². The van der Waals surface area contributed by atoms with Gasteiger partial charge in [-0.3, -0.25) is 9.59 Å². The van der Waals surface area contributed by atoms with Gasteiger partial charge in [0.2, 0.25) is 0 Å². The summed E-state index contributed by atoms with van der Waals surface area (Å²) in [5, 5.41) is 3.38. The number of hydrogen-bond donors (Lipinski definition) is 1. The van der Waals surface area contributed by atoms with E-state index in [1.165, 1.54) is 11.8 Å². The maximum absolute atomic E-state index is 12.4. The summed E-state index contributed by atoms with van der Waals surface area (Å²) in [6.07, 6.45) is 0.225. The molecule has 26 heavy (non-hydrogen) atoms. The summed E-state index contributed by atoms with van der Waals surface area (Å²) in [4.78, 5) is 26.5. The molecule has 1 aromatic carbocycles. The summed E-state index contributed by atoms with van der Waals surface area (Å²) in [5.74, 6) is -0.474. The first-order valence-corrected chi connectivity index (χ1v) is 9.64. The van der Waals surface area contributed by atoms with Crippen LogP contribution < -0.4 is 5.32 Å². The van der Waals surface area contributed by atoms with Crippen LogP contribution in [0, 0.1) is 0 Å². The van der Waals surface area contributed by atoms with E-state index in [-0.39, 0.29) is 31.6 Å². The number of thioether (sulfide) groups is 1. The van der Waals surface area contributed by atoms with Crippen molar-refractivity contribution in [2.24, 2.45) is 0 Å². The number of anilines is 1. The third kappa shape index (κ3) is 4.20. The summed E-state index contributed by atoms with van der Waals surface area (Å²) in [6.45, 7) is 3.04. The average molecular weight is 413 g/mol. The van der Waals surface area contributed by atoms with Gasteiger partial charge in [-0.25, -0.2) is 0 Å². The van der Waals surface area contributed by atoms with Crippen molar-refractivity contribution in [3.8, 4) is 0 Å². The molecule has 1 saturated heterocycles. The molecule has 0 spiro atoms. The van der Waals surface area contributed by atoms with Crippen LogP contribution in [0.4, 0.5) is 5.69 Å². The van der Waals surface area contributed by atoms with Crippen molar-refractivity contribution in [2.45, 2.75) is 13.3 Å². The molecule has 1 fully saturated rings. The summed E-state index contributed by atoms with van der Waals surface area (Å²) < 4.78 is 11.2. The van der Waals surface area contributed by atoms with Crippen molar-refractivity contribution in [3.63, 3.8) is 0 Å². The number of carbonyl (C=O) groups excluding carboxylic acids is 2. The first kappa shape index (κ1) is 19.2. The molecule has 0 atom stereocenters. The molecule has 0 unspecified atom stereocenters. The number of nitrogens with one attached hydrogen (secondary N) is 1. The van der Waals surface area contributed by atoms with Crippen LogP contribution in [0.2, 0.25) is 5.02 Å². The highest BCUT2D eigenvalue weighted by Gasteiger charge is 2.30. The van der Waals surface area contributed by atoms with E-state index >= 15 is 0 Å². The Labute approximate surface area is 165 Å². The van der Waals surface area contributed by atoms with Gasteiger partial charge in [-0.05, 0) is 25.1 Å². The molecule has 1 amide bonds. The van der Waals surface area contributed by atoms with E-state index in [9.17, 15) is 9.59 Å². The lowest BCUT2D eigenvalue weighted by atomic mass is 10.1. The van der Waals surface area contributed by atoms with Gasteiger partial charge in [0, 0.05) is 27.7 Å². The topological polar surface area (TPSA) is 67.9 Å². The standard InChI is InChI=1S/C17H17ClN2O4S2/c1-2-24-14(21)5-6-20-9-23-8-13(26-17(20)25)15-11-7-10(18)3-4-12(11)19-16(15)22/h3-4,7H,2,5-6,8-9H2,1H3,(H,19,22). The lowest BCUT2D eigenvalue weighted by Gasteiger charge is -2.20. The van der Waals surface area contributed by atoms with Crippen LogP contribution in [0.15, 0.2) is 23.1 Å². The summed E-state index contributed by atoms with van der Waals surface area (Å²) >= 11 is 12.9. The molecule has 0 aromatic heterocycles. The molecule has 0 aliphatic carbocycles. The second-order valence-electron chi connectivity index (χ2n) is 5.61. The number of halogens is 1. The molecule has 0 saturated carbocycles. The average Bonchev–Trinajstić information content (AvgIpc) is 2.80. The predicted molar refractivity (Wildman–Crippen MR) is 106 cm³/mol. The van der Waals surface area contributed by atoms with Crippen LogP contribution >= 0.6 is 35.6 Å². The van der Waals surface area contributed by atoms with Crippen LogP contribution in [0.1, 0.15) is 18.9 Å². The minimum absolute atomic E-state index is 0.198. The molecule has 9 heteroatoms. The zero-order valence-corrected chi connectivity index (χ0v) is 16.4. The van der Waals surface area contributed by atoms with Crippen LogP contribution in [-0.4, -0.2) is 47.6 Å². The fourth-order valence-corrected chi connectivity index (χ4v) is 4.20. The van der Waals surface area contributed by atoms with E-state index in [1.807, 2.05) is 0 Å². The molecule has 2 aliphatic heterocycles. The number of ether oxygens (including phenoxy) is 2. The minimum atomic E-state index is -0.276. The first-order valence-electron chi connectivity index (χ1n) is 8.04. The van der Waals surface area contributed by atoms with Crippen LogP contribution in [0.25, 0.3) is 5.57 Å². The molecular formula is C17H17ClN2O4S2. The molecule has 2 aliphatic rings. The normalized spacial score (nSPS) is 19.8. The van der Waals surface area contributed by atoms with Crippen LogP contribution in [0.5, 0.6) is 0 Å². The maximum Gasteiger partial charge on any atom is 0.307 e. The van der Waals surface area contributed by atoms with Crippen molar-refractivity contribution in [1.29, 1.82) is 0 Å². The lowest BCUT2D eigenvalue weighted by molar-refractivity contribution is -0.143. The highest BCUT2D eigenvalue weighted by Crippen LogP contribution is 2.40. The zero-order chi connectivity index (χ0) is 18.7. The Morgan fingerprint density at radius 2 is 2.31 bits per heavy atom. The van der Waals surface area contributed by atoms with E-state index in [0.29, 0.717) is 28.1 Å². The zero-order valence-electron chi connectivity index (χ0n) is 14.0. The Balaban J connectivity index is 1.78. The molecule has 0 radical (unpaired) electrons. The summed E-state index contributed by atoms with van der Waals surface area (Å²) in [5.41, 5.74) is 2.00. The van der Waals surface area contributed by atoms with Gasteiger partial charge in [-0.2, -0.15) is 0 Å². The minimum Gasteiger partial charge on any atom is -0.466 e. The molecular weight excluding hydrogens is 396 g/mol. The van der Waals surface area contributed by atoms with Crippen molar-refractivity contribution in [3.05, 3.63) is 33.7 Å². The Hall–Kier alpha value is -1.61. The Kier molecular flexibility index (Phi) is 6.18. The number of nitrogens with zero attached hydrogens (tertiary/aromatic N) is 1. The summed E-state index contributed by atoms with van der Waals surface area (Å²) in [6, 6.07) is 5.26. The van der Waals surface area contributed by atoms with E-state index in [2.05, 4.69) is 5.32 Å². The van der Waals surface area contributed by atoms with E-state index in [4.69, 9.17) is 33.3 Å². The van der Waals surface area contributed by atoms with Crippen molar-refractivity contribution in [2.75, 3.05) is 31.8 Å². The molecule has 3 rings (SSSR count). The lowest BCUT2D eigenvalue weighted by Crippen LogP contribution is -2.30. The van der Waals surface area contributed by atoms with Gasteiger partial charge in [0.1, 0.15) is 11.1 Å². The quantitative estimate of drug-likeness (QED) is 0.462. The number of fused-ring (bicyclic) bond motifs is 1. The van der Waals surface area contributed by atoms with Gasteiger partial charge in [0.05, 0.1) is 25.2 Å². The van der Waals surface area contributed by atoms with Gasteiger partial charge in [-0.1, -0.05) is 35.6 Å². The number of esters is 1. The number of benzene rings is 1. The van der Waals surface area contributed by atoms with E-state index < -0.39 is 0 Å². The fraction of sp³-hybridized carbons (Fsp3) is 0.353. The SMILES string of the molecule is CCOC(=O)CCN1COCC(=C2C(=O)Nc3ccc(Cl)cc32)SC1=S. The molecule has 2 heterocycles. The highest BCUT2D eigenvalue weighted by atomic mass is 35.5. The number of amides is 1. The van der Waals surface area contributed by atoms with Crippen LogP contribution in [0.3, 0.4) is 0 Å². The third-order valence-corrected chi connectivity index (χ3v) is 5.59. The van der Waals surface area contributed by atoms with Crippen LogP contribution in [-0.2, 0) is 19.1 Å². The number of thiocarbonyl (C=S) groups is 1.